The maximum Gasteiger partial charge on any atom is 0.222 e. The van der Waals surface area contributed by atoms with Gasteiger partial charge in [0.05, 0.1) is 6.04 Å². The molecular weight excluding hydrogens is 374 g/mol. The number of amides is 2. The second kappa shape index (κ2) is 11.3. The third-order valence-electron chi connectivity index (χ3n) is 4.83. The first-order valence-corrected chi connectivity index (χ1v) is 10.00. The molecule has 29 heavy (non-hydrogen) atoms. The number of hydrogen-bond acceptors (Lipinski definition) is 2. The third kappa shape index (κ3) is 7.29. The van der Waals surface area contributed by atoms with Gasteiger partial charge in [-0.2, -0.15) is 0 Å². The molecule has 0 aliphatic rings. The largest absolute Gasteiger partial charge is 0.349 e. The van der Waals surface area contributed by atoms with E-state index in [-0.39, 0.29) is 24.1 Å². The van der Waals surface area contributed by atoms with Crippen LogP contribution in [0.3, 0.4) is 0 Å². The molecule has 2 rings (SSSR count). The number of halogens is 2. The Balaban J connectivity index is 2.01. The average Bonchev–Trinajstić information content (AvgIpc) is 2.68. The fourth-order valence-electron chi connectivity index (χ4n) is 3.28. The summed E-state index contributed by atoms with van der Waals surface area (Å²) in [5.41, 5.74) is 1.32. The monoisotopic (exact) mass is 402 g/mol. The Morgan fingerprint density at radius 3 is 2.24 bits per heavy atom. The van der Waals surface area contributed by atoms with E-state index in [4.69, 9.17) is 0 Å². The number of carbonyl (C=O) groups is 2. The van der Waals surface area contributed by atoms with Crippen LogP contribution >= 0.6 is 0 Å². The summed E-state index contributed by atoms with van der Waals surface area (Å²) in [4.78, 5) is 26.2. The van der Waals surface area contributed by atoms with E-state index in [9.17, 15) is 18.4 Å². The van der Waals surface area contributed by atoms with E-state index in [1.807, 2.05) is 13.8 Å². The van der Waals surface area contributed by atoms with Crippen molar-refractivity contribution >= 4 is 11.8 Å². The van der Waals surface area contributed by atoms with Crippen molar-refractivity contribution in [3.63, 3.8) is 0 Å². The molecule has 1 N–H and O–H groups in total. The maximum absolute atomic E-state index is 13.7. The minimum atomic E-state index is -0.488. The van der Waals surface area contributed by atoms with Gasteiger partial charge < -0.3 is 10.2 Å². The predicted molar refractivity (Wildman–Crippen MR) is 109 cm³/mol. The zero-order valence-corrected chi connectivity index (χ0v) is 17.0. The lowest BCUT2D eigenvalue weighted by Gasteiger charge is -2.20. The van der Waals surface area contributed by atoms with Crippen LogP contribution in [-0.4, -0.2) is 29.8 Å². The molecule has 0 saturated heterocycles. The highest BCUT2D eigenvalue weighted by atomic mass is 19.1. The zero-order chi connectivity index (χ0) is 21.2. The van der Waals surface area contributed by atoms with Gasteiger partial charge in [-0.3, -0.25) is 9.59 Å². The van der Waals surface area contributed by atoms with E-state index < -0.39 is 11.9 Å². The van der Waals surface area contributed by atoms with Gasteiger partial charge in [0, 0.05) is 25.9 Å². The summed E-state index contributed by atoms with van der Waals surface area (Å²) in [5, 5.41) is 2.91. The lowest BCUT2D eigenvalue weighted by Crippen LogP contribution is -2.32. The summed E-state index contributed by atoms with van der Waals surface area (Å²) < 4.78 is 27.2. The molecule has 1 unspecified atom stereocenters. The van der Waals surface area contributed by atoms with E-state index in [2.05, 4.69) is 5.32 Å². The molecular formula is C23H28F2N2O2. The van der Waals surface area contributed by atoms with Crippen LogP contribution in [0.5, 0.6) is 0 Å². The Hall–Kier alpha value is -2.76. The normalized spacial score (nSPS) is 11.7. The van der Waals surface area contributed by atoms with Gasteiger partial charge in [0.25, 0.3) is 0 Å². The van der Waals surface area contributed by atoms with E-state index in [0.717, 1.165) is 0 Å². The van der Waals surface area contributed by atoms with E-state index in [1.165, 1.54) is 24.3 Å². The fraction of sp³-hybridized carbons (Fsp3) is 0.391. The molecule has 4 nitrogen and oxygen atoms in total. The summed E-state index contributed by atoms with van der Waals surface area (Å²) in [6.45, 7) is 5.14. The summed E-state index contributed by atoms with van der Waals surface area (Å²) in [6, 6.07) is 11.7. The molecule has 156 valence electrons. The lowest BCUT2D eigenvalue weighted by atomic mass is 9.98. The van der Waals surface area contributed by atoms with Crippen LogP contribution in [0.4, 0.5) is 8.78 Å². The highest BCUT2D eigenvalue weighted by Crippen LogP contribution is 2.20. The van der Waals surface area contributed by atoms with Crippen molar-refractivity contribution in [3.8, 4) is 0 Å². The molecule has 0 aliphatic heterocycles. The molecule has 0 aromatic heterocycles. The average molecular weight is 402 g/mol. The molecule has 6 heteroatoms. The van der Waals surface area contributed by atoms with Gasteiger partial charge in [-0.1, -0.05) is 24.3 Å². The van der Waals surface area contributed by atoms with Crippen molar-refractivity contribution < 1.29 is 18.4 Å². The van der Waals surface area contributed by atoms with Gasteiger partial charge >= 0.3 is 0 Å². The van der Waals surface area contributed by atoms with Crippen molar-refractivity contribution in [2.75, 3.05) is 13.1 Å². The molecule has 0 saturated carbocycles. The summed E-state index contributed by atoms with van der Waals surface area (Å²) in [7, 11) is 0. The molecule has 0 bridgehead atoms. The number of carbonyl (C=O) groups excluding carboxylic acids is 2. The number of nitrogens with zero attached hydrogens (tertiary/aromatic N) is 1. The Morgan fingerprint density at radius 2 is 1.62 bits per heavy atom. The summed E-state index contributed by atoms with van der Waals surface area (Å²) >= 11 is 0. The third-order valence-corrected chi connectivity index (χ3v) is 4.83. The van der Waals surface area contributed by atoms with Gasteiger partial charge in [0.2, 0.25) is 11.8 Å². The first-order chi connectivity index (χ1) is 13.9. The molecule has 2 aromatic rings. The van der Waals surface area contributed by atoms with Crippen LogP contribution in [-0.2, 0) is 16.0 Å². The standard InChI is InChI=1S/C23H28F2N2O2/c1-3-27(4-2)23(29)13-7-12-22(28)26-21(18-9-6-11-20(25)16-18)15-17-8-5-10-19(24)14-17/h5-6,8-11,14,16,21H,3-4,7,12-13,15H2,1-2H3,(H,26,28). The van der Waals surface area contributed by atoms with Crippen LogP contribution in [0.1, 0.15) is 50.3 Å². The second-order valence-electron chi connectivity index (χ2n) is 6.93. The maximum atomic E-state index is 13.7. The smallest absolute Gasteiger partial charge is 0.222 e. The van der Waals surface area contributed by atoms with Crippen molar-refractivity contribution in [1.29, 1.82) is 0 Å². The molecule has 0 spiro atoms. The first-order valence-electron chi connectivity index (χ1n) is 10.00. The minimum absolute atomic E-state index is 0.0317. The van der Waals surface area contributed by atoms with E-state index in [1.54, 1.807) is 29.2 Å². The molecule has 2 aromatic carbocycles. The Bertz CT molecular complexity index is 822. The number of nitrogens with one attached hydrogen (secondary N) is 1. The van der Waals surface area contributed by atoms with Gasteiger partial charge in [0.15, 0.2) is 0 Å². The Labute approximate surface area is 170 Å². The molecule has 1 atom stereocenters. The van der Waals surface area contributed by atoms with E-state index >= 15 is 0 Å². The van der Waals surface area contributed by atoms with E-state index in [0.29, 0.717) is 43.5 Å². The topological polar surface area (TPSA) is 49.4 Å². The van der Waals surface area contributed by atoms with Gasteiger partial charge in [-0.25, -0.2) is 8.78 Å². The van der Waals surface area contributed by atoms with Crippen molar-refractivity contribution in [1.82, 2.24) is 10.2 Å². The van der Waals surface area contributed by atoms with Crippen LogP contribution in [0.25, 0.3) is 0 Å². The van der Waals surface area contributed by atoms with Crippen LogP contribution in [0.15, 0.2) is 48.5 Å². The number of benzene rings is 2. The number of hydrogen-bond donors (Lipinski definition) is 1. The Kier molecular flexibility index (Phi) is 8.77. The molecule has 0 fully saturated rings. The predicted octanol–water partition coefficient (Wildman–Crippen LogP) is 4.40. The SMILES string of the molecule is CCN(CC)C(=O)CCCC(=O)NC(Cc1cccc(F)c1)c1cccc(F)c1. The van der Waals surface area contributed by atoms with Crippen LogP contribution in [0.2, 0.25) is 0 Å². The molecule has 0 aliphatic carbocycles. The zero-order valence-electron chi connectivity index (χ0n) is 17.0. The Morgan fingerprint density at radius 1 is 0.966 bits per heavy atom. The van der Waals surface area contributed by atoms with Crippen molar-refractivity contribution in [3.05, 3.63) is 71.3 Å². The fourth-order valence-corrected chi connectivity index (χ4v) is 3.28. The number of rotatable bonds is 10. The molecule has 0 heterocycles. The summed E-state index contributed by atoms with van der Waals surface area (Å²) in [5.74, 6) is -0.945. The lowest BCUT2D eigenvalue weighted by molar-refractivity contribution is -0.131. The van der Waals surface area contributed by atoms with Crippen LogP contribution < -0.4 is 5.32 Å². The molecule has 0 radical (unpaired) electrons. The minimum Gasteiger partial charge on any atom is -0.349 e. The van der Waals surface area contributed by atoms with Gasteiger partial charge in [-0.05, 0) is 62.1 Å². The van der Waals surface area contributed by atoms with Crippen molar-refractivity contribution in [2.45, 2.75) is 45.6 Å². The van der Waals surface area contributed by atoms with Crippen LogP contribution in [0, 0.1) is 11.6 Å². The highest BCUT2D eigenvalue weighted by Gasteiger charge is 2.17. The summed E-state index contributed by atoms with van der Waals surface area (Å²) in [6.07, 6.45) is 1.29. The quantitative estimate of drug-likeness (QED) is 0.640. The van der Waals surface area contributed by atoms with Gasteiger partial charge in [-0.15, -0.1) is 0 Å². The van der Waals surface area contributed by atoms with Crippen molar-refractivity contribution in [2.24, 2.45) is 0 Å². The van der Waals surface area contributed by atoms with Gasteiger partial charge in [0.1, 0.15) is 11.6 Å². The first kappa shape index (κ1) is 22.5. The molecule has 2 amide bonds. The highest BCUT2D eigenvalue weighted by molar-refractivity contribution is 5.79. The second-order valence-corrected chi connectivity index (χ2v) is 6.93.